The van der Waals surface area contributed by atoms with Crippen LogP contribution in [0.15, 0.2) is 58.3 Å². The molecule has 1 aliphatic heterocycles. The lowest BCUT2D eigenvalue weighted by Gasteiger charge is -2.27. The van der Waals surface area contributed by atoms with E-state index in [0.29, 0.717) is 41.2 Å². The van der Waals surface area contributed by atoms with Gasteiger partial charge in [0.2, 0.25) is 11.9 Å². The molecule has 0 spiro atoms. The molecule has 8 nitrogen and oxygen atoms in total. The molecule has 0 amide bonds. The summed E-state index contributed by atoms with van der Waals surface area (Å²) in [6.45, 7) is 3.92. The number of nitrogens with zero attached hydrogens (tertiary/aromatic N) is 3. The Labute approximate surface area is 171 Å². The normalized spacial score (nSPS) is 15.0. The number of nitrogens with one attached hydrogen (secondary N) is 2. The van der Waals surface area contributed by atoms with E-state index in [9.17, 15) is 14.3 Å². The number of halogens is 1. The first-order chi connectivity index (χ1) is 14.4. The van der Waals surface area contributed by atoms with Crippen molar-refractivity contribution in [1.82, 2.24) is 9.55 Å². The molecule has 154 valence electrons. The van der Waals surface area contributed by atoms with Crippen LogP contribution in [0.3, 0.4) is 0 Å². The highest BCUT2D eigenvalue weighted by Gasteiger charge is 2.26. The smallest absolute Gasteiger partial charge is 0.257 e. The van der Waals surface area contributed by atoms with Gasteiger partial charge >= 0.3 is 0 Å². The molecular weight excluding hydrogens is 389 g/mol. The topological polar surface area (TPSA) is 101 Å². The summed E-state index contributed by atoms with van der Waals surface area (Å²) in [6.07, 6.45) is -0.746. The number of fused-ring (bicyclic) bond motifs is 1. The van der Waals surface area contributed by atoms with Crippen LogP contribution in [0, 0.1) is 12.7 Å². The zero-order valence-corrected chi connectivity index (χ0v) is 16.4. The number of phenolic OH excluding ortho intramolecular Hbond substituents is 1. The van der Waals surface area contributed by atoms with Crippen LogP contribution in [0.1, 0.15) is 24.3 Å². The van der Waals surface area contributed by atoms with Crippen molar-refractivity contribution in [3.8, 4) is 11.5 Å². The third kappa shape index (κ3) is 3.82. The van der Waals surface area contributed by atoms with Gasteiger partial charge in [-0.3, -0.25) is 14.7 Å². The lowest BCUT2D eigenvalue weighted by molar-refractivity contribution is 0.317. The Hall–Kier alpha value is -3.88. The Morgan fingerprint density at radius 1 is 1.23 bits per heavy atom. The van der Waals surface area contributed by atoms with Crippen molar-refractivity contribution in [3.63, 3.8) is 0 Å². The Morgan fingerprint density at radius 2 is 2.00 bits per heavy atom. The van der Waals surface area contributed by atoms with Crippen LogP contribution in [0.25, 0.3) is 0 Å². The van der Waals surface area contributed by atoms with Crippen molar-refractivity contribution in [2.24, 2.45) is 4.99 Å². The number of hydrogen-bond donors (Lipinski definition) is 3. The van der Waals surface area contributed by atoms with Crippen molar-refractivity contribution >= 4 is 17.6 Å². The Balaban J connectivity index is 1.80. The molecule has 0 aliphatic carbocycles. The molecule has 4 rings (SSSR count). The van der Waals surface area contributed by atoms with Gasteiger partial charge in [0.05, 0.1) is 6.61 Å². The van der Waals surface area contributed by atoms with Crippen molar-refractivity contribution in [2.45, 2.75) is 20.0 Å². The Morgan fingerprint density at radius 3 is 2.73 bits per heavy atom. The monoisotopic (exact) mass is 409 g/mol. The maximum absolute atomic E-state index is 13.2. The Bertz CT molecular complexity index is 1170. The lowest BCUT2D eigenvalue weighted by Crippen LogP contribution is -2.37. The summed E-state index contributed by atoms with van der Waals surface area (Å²) in [5, 5.41) is 16.1. The van der Waals surface area contributed by atoms with Crippen LogP contribution >= 0.6 is 0 Å². The molecule has 9 heteroatoms. The number of aromatic hydroxyl groups is 1. The van der Waals surface area contributed by atoms with Crippen LogP contribution in [0.2, 0.25) is 0 Å². The minimum Gasteiger partial charge on any atom is -0.504 e. The molecule has 30 heavy (non-hydrogen) atoms. The van der Waals surface area contributed by atoms with Gasteiger partial charge in [-0.05, 0) is 50.2 Å². The largest absolute Gasteiger partial charge is 0.504 e. The predicted octanol–water partition coefficient (Wildman–Crippen LogP) is 3.24. The molecule has 0 saturated carbocycles. The predicted molar refractivity (Wildman–Crippen MR) is 112 cm³/mol. The second-order valence-corrected chi connectivity index (χ2v) is 6.70. The van der Waals surface area contributed by atoms with Gasteiger partial charge in [0, 0.05) is 23.0 Å². The molecule has 2 aromatic carbocycles. The van der Waals surface area contributed by atoms with Crippen LogP contribution in [0.4, 0.5) is 16.0 Å². The molecule has 0 bridgehead atoms. The average Bonchev–Trinajstić information content (AvgIpc) is 2.70. The summed E-state index contributed by atoms with van der Waals surface area (Å²) in [6, 6.07) is 12.1. The number of guanidine groups is 1. The molecule has 0 saturated heterocycles. The summed E-state index contributed by atoms with van der Waals surface area (Å²) in [7, 11) is 0. The average molecular weight is 409 g/mol. The van der Waals surface area contributed by atoms with E-state index >= 15 is 0 Å². The number of aryl methyl sites for hydroxylation is 1. The molecule has 1 unspecified atom stereocenters. The Kier molecular flexibility index (Phi) is 5.09. The second kappa shape index (κ2) is 7.86. The maximum Gasteiger partial charge on any atom is 0.257 e. The standard InChI is InChI=1S/C21H20FN5O3/c1-3-30-17-11-13(4-9-16(17)28)19-25-20(24-15-7-5-14(22)6-8-15)26-21-23-12(2)10-18(29)27(19)21/h4-11,19,28H,3H2,1-2H3,(H2,23,24,25,26). The molecular formula is C21H20FN5O3. The SMILES string of the molecule is CCOc1cc(C2N=C(Nc3ccc(F)cc3)Nc3nc(C)cc(=O)n32)ccc1O. The maximum atomic E-state index is 13.2. The molecule has 0 radical (unpaired) electrons. The quantitative estimate of drug-likeness (QED) is 0.612. The molecule has 1 atom stereocenters. The van der Waals surface area contributed by atoms with E-state index in [4.69, 9.17) is 4.74 Å². The van der Waals surface area contributed by atoms with Crippen molar-refractivity contribution < 1.29 is 14.2 Å². The van der Waals surface area contributed by atoms with Crippen molar-refractivity contribution in [2.75, 3.05) is 17.2 Å². The van der Waals surface area contributed by atoms with Crippen LogP contribution in [0.5, 0.6) is 11.5 Å². The number of aromatic nitrogens is 2. The third-order valence-corrected chi connectivity index (χ3v) is 4.50. The highest BCUT2D eigenvalue weighted by Crippen LogP contribution is 2.33. The fraction of sp³-hybridized carbons (Fsp3) is 0.190. The number of rotatable bonds is 4. The fourth-order valence-electron chi connectivity index (χ4n) is 3.17. The van der Waals surface area contributed by atoms with E-state index in [1.165, 1.54) is 28.8 Å². The van der Waals surface area contributed by atoms with Gasteiger partial charge < -0.3 is 15.2 Å². The van der Waals surface area contributed by atoms with Gasteiger partial charge in [0.15, 0.2) is 17.7 Å². The zero-order chi connectivity index (χ0) is 21.3. The number of hydrogen-bond acceptors (Lipinski definition) is 7. The van der Waals surface area contributed by atoms with E-state index in [2.05, 4.69) is 20.6 Å². The van der Waals surface area contributed by atoms with Crippen LogP contribution in [-0.4, -0.2) is 27.2 Å². The first kappa shape index (κ1) is 19.4. The van der Waals surface area contributed by atoms with Gasteiger partial charge in [-0.15, -0.1) is 0 Å². The van der Waals surface area contributed by atoms with Gasteiger partial charge in [0.25, 0.3) is 5.56 Å². The van der Waals surface area contributed by atoms with Gasteiger partial charge in [-0.2, -0.15) is 0 Å². The molecule has 1 aliphatic rings. The highest BCUT2D eigenvalue weighted by molar-refractivity contribution is 6.03. The van der Waals surface area contributed by atoms with Crippen LogP contribution in [-0.2, 0) is 0 Å². The summed E-state index contributed by atoms with van der Waals surface area (Å²) < 4.78 is 20.1. The number of anilines is 2. The fourth-order valence-corrected chi connectivity index (χ4v) is 3.17. The lowest BCUT2D eigenvalue weighted by atomic mass is 10.1. The molecule has 2 heterocycles. The number of phenols is 1. The van der Waals surface area contributed by atoms with Gasteiger partial charge in [-0.25, -0.2) is 14.4 Å². The first-order valence-corrected chi connectivity index (χ1v) is 9.38. The zero-order valence-electron chi connectivity index (χ0n) is 16.4. The summed E-state index contributed by atoms with van der Waals surface area (Å²) in [5.41, 5.74) is 1.53. The van der Waals surface area contributed by atoms with Crippen molar-refractivity contribution in [1.29, 1.82) is 0 Å². The molecule has 1 aromatic heterocycles. The van der Waals surface area contributed by atoms with E-state index in [-0.39, 0.29) is 17.1 Å². The van der Waals surface area contributed by atoms with E-state index in [1.54, 1.807) is 31.2 Å². The van der Waals surface area contributed by atoms with Crippen molar-refractivity contribution in [3.05, 3.63) is 76.0 Å². The molecule has 3 N–H and O–H groups in total. The summed E-state index contributed by atoms with van der Waals surface area (Å²) in [4.78, 5) is 21.8. The van der Waals surface area contributed by atoms with E-state index in [0.717, 1.165) is 0 Å². The third-order valence-electron chi connectivity index (χ3n) is 4.50. The summed E-state index contributed by atoms with van der Waals surface area (Å²) in [5.74, 6) is 0.605. The number of benzene rings is 2. The summed E-state index contributed by atoms with van der Waals surface area (Å²) >= 11 is 0. The molecule has 0 fully saturated rings. The molecule has 3 aromatic rings. The first-order valence-electron chi connectivity index (χ1n) is 9.38. The minimum atomic E-state index is -0.746. The number of ether oxygens (including phenoxy) is 1. The second-order valence-electron chi connectivity index (χ2n) is 6.70. The van der Waals surface area contributed by atoms with E-state index in [1.807, 2.05) is 6.92 Å². The van der Waals surface area contributed by atoms with E-state index < -0.39 is 6.17 Å². The number of aliphatic imine (C=N–C) groups is 1. The highest BCUT2D eigenvalue weighted by atomic mass is 19.1. The minimum absolute atomic E-state index is 0.00206. The van der Waals surface area contributed by atoms with Gasteiger partial charge in [0.1, 0.15) is 5.82 Å². The van der Waals surface area contributed by atoms with Crippen LogP contribution < -0.4 is 20.9 Å². The van der Waals surface area contributed by atoms with Gasteiger partial charge in [-0.1, -0.05) is 6.07 Å².